The topological polar surface area (TPSA) is 64.0 Å². The largest absolute Gasteiger partial charge is 0.323 e. The molecule has 1 heterocycles. The van der Waals surface area contributed by atoms with Crippen molar-refractivity contribution >= 4 is 34.3 Å². The number of para-hydroxylation sites is 1. The van der Waals surface area contributed by atoms with Crippen LogP contribution in [0.1, 0.15) is 12.5 Å². The summed E-state index contributed by atoms with van der Waals surface area (Å²) in [5, 5.41) is 2.55. The SMILES string of the molecule is Cc1ccc(NC(=O)C(C)Sc2nc3ccccc3c(=O)n2-c2ccc(F)cc2)c(F)c1. The Morgan fingerprint density at radius 2 is 1.78 bits per heavy atom. The first-order valence-electron chi connectivity index (χ1n) is 9.85. The molecule has 32 heavy (non-hydrogen) atoms. The molecule has 4 rings (SSSR count). The zero-order chi connectivity index (χ0) is 22.8. The normalized spacial score (nSPS) is 12.0. The Balaban J connectivity index is 1.71. The number of hydrogen-bond donors (Lipinski definition) is 1. The lowest BCUT2D eigenvalue weighted by molar-refractivity contribution is -0.115. The van der Waals surface area contributed by atoms with Crippen molar-refractivity contribution in [1.82, 2.24) is 9.55 Å². The Morgan fingerprint density at radius 3 is 2.50 bits per heavy atom. The minimum atomic E-state index is -0.699. The van der Waals surface area contributed by atoms with Gasteiger partial charge in [-0.2, -0.15) is 0 Å². The molecule has 0 radical (unpaired) electrons. The fourth-order valence-electron chi connectivity index (χ4n) is 3.18. The number of aryl methyl sites for hydroxylation is 1. The number of rotatable bonds is 5. The number of anilines is 1. The number of nitrogens with one attached hydrogen (secondary N) is 1. The highest BCUT2D eigenvalue weighted by atomic mass is 32.2. The number of carbonyl (C=O) groups is 1. The number of benzene rings is 3. The minimum absolute atomic E-state index is 0.0791. The maximum Gasteiger partial charge on any atom is 0.266 e. The highest BCUT2D eigenvalue weighted by Crippen LogP contribution is 2.26. The van der Waals surface area contributed by atoms with Gasteiger partial charge in [-0.1, -0.05) is 30.0 Å². The highest BCUT2D eigenvalue weighted by molar-refractivity contribution is 8.00. The molecule has 0 saturated heterocycles. The van der Waals surface area contributed by atoms with Crippen LogP contribution in [0.4, 0.5) is 14.5 Å². The van der Waals surface area contributed by atoms with E-state index in [4.69, 9.17) is 0 Å². The molecule has 1 unspecified atom stereocenters. The molecule has 1 atom stereocenters. The first-order chi connectivity index (χ1) is 15.3. The summed E-state index contributed by atoms with van der Waals surface area (Å²) in [6.45, 7) is 3.40. The van der Waals surface area contributed by atoms with Crippen LogP contribution >= 0.6 is 11.8 Å². The van der Waals surface area contributed by atoms with E-state index in [1.807, 2.05) is 0 Å². The van der Waals surface area contributed by atoms with Crippen molar-refractivity contribution in [2.45, 2.75) is 24.3 Å². The van der Waals surface area contributed by atoms with E-state index in [0.717, 1.165) is 17.3 Å². The van der Waals surface area contributed by atoms with E-state index in [0.29, 0.717) is 16.6 Å². The molecule has 0 fully saturated rings. The second-order valence-electron chi connectivity index (χ2n) is 7.26. The predicted octanol–water partition coefficient (Wildman–Crippen LogP) is 5.09. The standard InChI is InChI=1S/C24H19F2N3O2S/c1-14-7-12-21(19(26)13-14)27-22(30)15(2)32-24-28-20-6-4-3-5-18(20)23(31)29(24)17-10-8-16(25)9-11-17/h3-13,15H,1-2H3,(H,27,30). The van der Waals surface area contributed by atoms with Gasteiger partial charge < -0.3 is 5.32 Å². The van der Waals surface area contributed by atoms with Crippen LogP contribution in [0.15, 0.2) is 76.7 Å². The first kappa shape index (κ1) is 21.7. The molecular formula is C24H19F2N3O2S. The Bertz CT molecular complexity index is 1370. The number of aromatic nitrogens is 2. The molecule has 5 nitrogen and oxygen atoms in total. The molecule has 1 aromatic heterocycles. The van der Waals surface area contributed by atoms with Gasteiger partial charge >= 0.3 is 0 Å². The van der Waals surface area contributed by atoms with E-state index in [2.05, 4.69) is 10.3 Å². The summed E-state index contributed by atoms with van der Waals surface area (Å²) in [5.41, 5.74) is 1.40. The summed E-state index contributed by atoms with van der Waals surface area (Å²) in [7, 11) is 0. The summed E-state index contributed by atoms with van der Waals surface area (Å²) in [6.07, 6.45) is 0. The maximum atomic E-state index is 14.1. The lowest BCUT2D eigenvalue weighted by Gasteiger charge is -2.17. The minimum Gasteiger partial charge on any atom is -0.323 e. The second kappa shape index (κ2) is 8.92. The second-order valence-corrected chi connectivity index (χ2v) is 8.57. The van der Waals surface area contributed by atoms with E-state index in [-0.39, 0.29) is 16.4 Å². The predicted molar refractivity (Wildman–Crippen MR) is 122 cm³/mol. The van der Waals surface area contributed by atoms with Crippen molar-refractivity contribution in [3.05, 3.63) is 94.3 Å². The number of nitrogens with zero attached hydrogens (tertiary/aromatic N) is 2. The smallest absolute Gasteiger partial charge is 0.266 e. The molecule has 162 valence electrons. The lowest BCUT2D eigenvalue weighted by atomic mass is 10.2. The zero-order valence-corrected chi connectivity index (χ0v) is 18.1. The average molecular weight is 451 g/mol. The Morgan fingerprint density at radius 1 is 1.06 bits per heavy atom. The van der Waals surface area contributed by atoms with Gasteiger partial charge in [0.05, 0.1) is 27.5 Å². The van der Waals surface area contributed by atoms with Gasteiger partial charge in [0.2, 0.25) is 5.91 Å². The van der Waals surface area contributed by atoms with E-state index >= 15 is 0 Å². The summed E-state index contributed by atoms with van der Waals surface area (Å²) >= 11 is 1.06. The fraction of sp³-hybridized carbons (Fsp3) is 0.125. The van der Waals surface area contributed by atoms with Crippen LogP contribution in [-0.4, -0.2) is 20.7 Å². The Kier molecular flexibility index (Phi) is 6.05. The summed E-state index contributed by atoms with van der Waals surface area (Å²) in [4.78, 5) is 30.5. The number of hydrogen-bond acceptors (Lipinski definition) is 4. The van der Waals surface area contributed by atoms with Gasteiger partial charge in [0.15, 0.2) is 5.16 Å². The van der Waals surface area contributed by atoms with Crippen molar-refractivity contribution in [3.8, 4) is 5.69 Å². The molecule has 0 aliphatic rings. The van der Waals surface area contributed by atoms with Crippen molar-refractivity contribution < 1.29 is 13.6 Å². The molecule has 1 amide bonds. The summed E-state index contributed by atoms with van der Waals surface area (Å²) < 4.78 is 28.9. The molecular weight excluding hydrogens is 432 g/mol. The van der Waals surface area contributed by atoms with Crippen molar-refractivity contribution in [1.29, 1.82) is 0 Å². The number of thioether (sulfide) groups is 1. The molecule has 3 aromatic carbocycles. The van der Waals surface area contributed by atoms with Gasteiger partial charge in [-0.05, 0) is 67.9 Å². The van der Waals surface area contributed by atoms with Crippen LogP contribution in [0.5, 0.6) is 0 Å². The Hall–Kier alpha value is -3.52. The van der Waals surface area contributed by atoms with Gasteiger partial charge in [-0.15, -0.1) is 0 Å². The maximum absolute atomic E-state index is 14.1. The van der Waals surface area contributed by atoms with Crippen LogP contribution in [0.2, 0.25) is 0 Å². The molecule has 0 aliphatic carbocycles. The van der Waals surface area contributed by atoms with Crippen molar-refractivity contribution in [2.24, 2.45) is 0 Å². The van der Waals surface area contributed by atoms with E-state index in [1.165, 1.54) is 41.0 Å². The molecule has 0 aliphatic heterocycles. The number of halogens is 2. The average Bonchev–Trinajstić information content (AvgIpc) is 2.77. The zero-order valence-electron chi connectivity index (χ0n) is 17.3. The number of fused-ring (bicyclic) bond motifs is 1. The third kappa shape index (κ3) is 4.40. The van der Waals surface area contributed by atoms with Crippen LogP contribution in [0.25, 0.3) is 16.6 Å². The van der Waals surface area contributed by atoms with Crippen LogP contribution in [-0.2, 0) is 4.79 Å². The van der Waals surface area contributed by atoms with E-state index < -0.39 is 22.8 Å². The van der Waals surface area contributed by atoms with Gasteiger partial charge in [-0.3, -0.25) is 14.2 Å². The molecule has 1 N–H and O–H groups in total. The van der Waals surface area contributed by atoms with Crippen molar-refractivity contribution in [3.63, 3.8) is 0 Å². The summed E-state index contributed by atoms with van der Waals surface area (Å²) in [6, 6.07) is 16.9. The van der Waals surface area contributed by atoms with Crippen LogP contribution < -0.4 is 10.9 Å². The third-order valence-corrected chi connectivity index (χ3v) is 5.92. The molecule has 0 spiro atoms. The van der Waals surface area contributed by atoms with Gasteiger partial charge in [0, 0.05) is 0 Å². The van der Waals surface area contributed by atoms with Gasteiger partial charge in [0.25, 0.3) is 5.56 Å². The molecule has 0 saturated carbocycles. The van der Waals surface area contributed by atoms with E-state index in [9.17, 15) is 18.4 Å². The number of carbonyl (C=O) groups excluding carboxylic acids is 1. The monoisotopic (exact) mass is 451 g/mol. The molecule has 8 heteroatoms. The van der Waals surface area contributed by atoms with Gasteiger partial charge in [-0.25, -0.2) is 13.8 Å². The third-order valence-electron chi connectivity index (χ3n) is 4.86. The highest BCUT2D eigenvalue weighted by Gasteiger charge is 2.21. The fourth-order valence-corrected chi connectivity index (χ4v) is 4.10. The molecule has 0 bridgehead atoms. The summed E-state index contributed by atoms with van der Waals surface area (Å²) in [5.74, 6) is -1.40. The Labute approximate surface area is 187 Å². The van der Waals surface area contributed by atoms with Crippen LogP contribution in [0, 0.1) is 18.6 Å². The van der Waals surface area contributed by atoms with Crippen LogP contribution in [0.3, 0.4) is 0 Å². The molecule has 4 aromatic rings. The first-order valence-corrected chi connectivity index (χ1v) is 10.7. The quantitative estimate of drug-likeness (QED) is 0.339. The van der Waals surface area contributed by atoms with E-state index in [1.54, 1.807) is 44.2 Å². The number of amides is 1. The van der Waals surface area contributed by atoms with Gasteiger partial charge in [0.1, 0.15) is 11.6 Å². The van der Waals surface area contributed by atoms with Crippen molar-refractivity contribution in [2.75, 3.05) is 5.32 Å². The lowest BCUT2D eigenvalue weighted by Crippen LogP contribution is -2.26.